The van der Waals surface area contributed by atoms with E-state index in [0.29, 0.717) is 6.42 Å². The molecule has 0 aliphatic heterocycles. The van der Waals surface area contributed by atoms with Crippen molar-refractivity contribution in [1.82, 2.24) is 15.0 Å². The van der Waals surface area contributed by atoms with Crippen molar-refractivity contribution in [3.63, 3.8) is 0 Å². The first-order chi connectivity index (χ1) is 18.2. The van der Waals surface area contributed by atoms with E-state index in [1.807, 2.05) is 37.3 Å². The monoisotopic (exact) mass is 478 g/mol. The molecule has 1 aromatic carbocycles. The van der Waals surface area contributed by atoms with Crippen LogP contribution >= 0.6 is 0 Å². The Kier molecular flexibility index (Phi) is 6.96. The molecule has 4 heteroatoms. The molecule has 0 atom stereocenters. The number of fused-ring (bicyclic) bond motifs is 4. The standard InChI is InChI=1S/C33H26N4/c1-4-7-10-24(29-21-18-27-15-14-25-13-9-22-35-31(25)33(27)37-29)16-19-28-20-17-26-12-8-11-23(5-2)30(34-6-3)32(26)36-28/h1,5-10,12-18,20-22H,2,11,19H2,3H3/b10-7-,24-16+,34-6?. The Labute approximate surface area is 217 Å². The van der Waals surface area contributed by atoms with E-state index in [9.17, 15) is 0 Å². The molecular formula is C33H26N4. The molecular weight excluding hydrogens is 452 g/mol. The number of rotatable bonds is 6. The summed E-state index contributed by atoms with van der Waals surface area (Å²) in [5, 5.41) is 2.11. The van der Waals surface area contributed by atoms with Crippen LogP contribution in [-0.4, -0.2) is 21.2 Å². The highest BCUT2D eigenvalue weighted by Gasteiger charge is 2.15. The van der Waals surface area contributed by atoms with Crippen molar-refractivity contribution < 1.29 is 0 Å². The van der Waals surface area contributed by atoms with E-state index in [1.54, 1.807) is 18.5 Å². The molecule has 5 rings (SSSR count). The predicted octanol–water partition coefficient (Wildman–Crippen LogP) is 7.40. The number of allylic oxidation sites excluding steroid dienone is 7. The molecule has 3 aromatic heterocycles. The minimum atomic E-state index is 0.612. The maximum absolute atomic E-state index is 5.55. The number of nitrogens with zero attached hydrogens (tertiary/aromatic N) is 4. The van der Waals surface area contributed by atoms with Crippen LogP contribution in [-0.2, 0) is 6.42 Å². The molecule has 0 bridgehead atoms. The molecule has 0 fully saturated rings. The summed E-state index contributed by atoms with van der Waals surface area (Å²) in [5.74, 6) is 2.60. The van der Waals surface area contributed by atoms with Crippen LogP contribution in [0.5, 0.6) is 0 Å². The molecule has 0 amide bonds. The first-order valence-electron chi connectivity index (χ1n) is 12.2. The van der Waals surface area contributed by atoms with Crippen molar-refractivity contribution in [1.29, 1.82) is 0 Å². The van der Waals surface area contributed by atoms with E-state index in [1.165, 1.54) is 0 Å². The van der Waals surface area contributed by atoms with Crippen molar-refractivity contribution in [2.45, 2.75) is 19.8 Å². The summed E-state index contributed by atoms with van der Waals surface area (Å²) in [7, 11) is 0. The summed E-state index contributed by atoms with van der Waals surface area (Å²) in [6, 6.07) is 16.4. The van der Waals surface area contributed by atoms with Crippen LogP contribution < -0.4 is 0 Å². The minimum absolute atomic E-state index is 0.612. The third-order valence-corrected chi connectivity index (χ3v) is 6.27. The molecule has 0 saturated heterocycles. The van der Waals surface area contributed by atoms with E-state index < -0.39 is 0 Å². The smallest absolute Gasteiger partial charge is 0.0972 e. The van der Waals surface area contributed by atoms with E-state index in [0.717, 1.165) is 67.7 Å². The Hall–Kier alpha value is -4.88. The lowest BCUT2D eigenvalue weighted by Gasteiger charge is -2.10. The Bertz CT molecular complexity index is 1710. The van der Waals surface area contributed by atoms with Crippen LogP contribution in [0.2, 0.25) is 0 Å². The highest BCUT2D eigenvalue weighted by Crippen LogP contribution is 2.30. The van der Waals surface area contributed by atoms with E-state index >= 15 is 0 Å². The van der Waals surface area contributed by atoms with Crippen molar-refractivity contribution >= 4 is 45.4 Å². The summed E-state index contributed by atoms with van der Waals surface area (Å²) in [5.41, 5.74) is 8.30. The minimum Gasteiger partial charge on any atom is -0.259 e. The van der Waals surface area contributed by atoms with Crippen LogP contribution in [0.4, 0.5) is 0 Å². The second-order valence-electron chi connectivity index (χ2n) is 8.58. The van der Waals surface area contributed by atoms with Gasteiger partial charge < -0.3 is 0 Å². The molecule has 4 nitrogen and oxygen atoms in total. The fourth-order valence-corrected chi connectivity index (χ4v) is 4.46. The average Bonchev–Trinajstić information content (AvgIpc) is 3.11. The quantitative estimate of drug-likeness (QED) is 0.126. The SMILES string of the molecule is C#C/C=C\C(=C/Cc1ccc2c(n1)C(N=CC)=C(C=C)CC=C2)c1ccc2ccc3cccnc3c2n1. The molecule has 3 heterocycles. The van der Waals surface area contributed by atoms with Gasteiger partial charge in [0.1, 0.15) is 0 Å². The van der Waals surface area contributed by atoms with E-state index in [2.05, 4.69) is 71.0 Å². The summed E-state index contributed by atoms with van der Waals surface area (Å²) in [6.45, 7) is 5.89. The summed E-state index contributed by atoms with van der Waals surface area (Å²) in [6.07, 6.45) is 22.4. The van der Waals surface area contributed by atoms with Crippen LogP contribution in [0.1, 0.15) is 36.0 Å². The molecule has 178 valence electrons. The highest BCUT2D eigenvalue weighted by atomic mass is 14.8. The van der Waals surface area contributed by atoms with Crippen molar-refractivity contribution in [3.8, 4) is 12.3 Å². The molecule has 0 radical (unpaired) electrons. The maximum Gasteiger partial charge on any atom is 0.0972 e. The van der Waals surface area contributed by atoms with Crippen LogP contribution in [0, 0.1) is 12.3 Å². The van der Waals surface area contributed by atoms with Crippen LogP contribution in [0.3, 0.4) is 0 Å². The van der Waals surface area contributed by atoms with Gasteiger partial charge in [0, 0.05) is 40.9 Å². The van der Waals surface area contributed by atoms with Gasteiger partial charge in [-0.15, -0.1) is 6.42 Å². The van der Waals surface area contributed by atoms with Gasteiger partial charge in [-0.2, -0.15) is 0 Å². The fourth-order valence-electron chi connectivity index (χ4n) is 4.46. The van der Waals surface area contributed by atoms with Crippen molar-refractivity contribution in [3.05, 3.63) is 120 Å². The molecule has 0 unspecified atom stereocenters. The second kappa shape index (κ2) is 10.8. The Morgan fingerprint density at radius 3 is 2.73 bits per heavy atom. The molecule has 4 aromatic rings. The zero-order valence-electron chi connectivity index (χ0n) is 20.7. The molecule has 37 heavy (non-hydrogen) atoms. The number of aromatic nitrogens is 3. The number of aliphatic imine (C=N–C) groups is 1. The largest absolute Gasteiger partial charge is 0.259 e. The zero-order valence-corrected chi connectivity index (χ0v) is 20.7. The summed E-state index contributed by atoms with van der Waals surface area (Å²) in [4.78, 5) is 19.2. The average molecular weight is 479 g/mol. The third-order valence-electron chi connectivity index (χ3n) is 6.27. The van der Waals surface area contributed by atoms with Gasteiger partial charge in [0.05, 0.1) is 28.1 Å². The van der Waals surface area contributed by atoms with Gasteiger partial charge in [0.25, 0.3) is 0 Å². The van der Waals surface area contributed by atoms with Crippen molar-refractivity contribution in [2.24, 2.45) is 4.99 Å². The lowest BCUT2D eigenvalue weighted by Crippen LogP contribution is -1.99. The van der Waals surface area contributed by atoms with Gasteiger partial charge in [0.2, 0.25) is 0 Å². The Balaban J connectivity index is 1.56. The van der Waals surface area contributed by atoms with E-state index in [4.69, 9.17) is 16.4 Å². The van der Waals surface area contributed by atoms with Gasteiger partial charge >= 0.3 is 0 Å². The third kappa shape index (κ3) is 4.94. The number of hydrogen-bond donors (Lipinski definition) is 0. The van der Waals surface area contributed by atoms with Crippen LogP contribution in [0.25, 0.3) is 39.2 Å². The Morgan fingerprint density at radius 2 is 1.92 bits per heavy atom. The number of terminal acetylenes is 1. The number of hydrogen-bond acceptors (Lipinski definition) is 4. The molecule has 0 N–H and O–H groups in total. The number of benzene rings is 1. The predicted molar refractivity (Wildman–Crippen MR) is 156 cm³/mol. The van der Waals surface area contributed by atoms with Crippen molar-refractivity contribution in [2.75, 3.05) is 0 Å². The molecule has 1 aliphatic rings. The van der Waals surface area contributed by atoms with E-state index in [-0.39, 0.29) is 0 Å². The number of pyridine rings is 3. The summed E-state index contributed by atoms with van der Waals surface area (Å²) < 4.78 is 0. The first kappa shape index (κ1) is 23.8. The molecule has 1 aliphatic carbocycles. The maximum atomic E-state index is 5.55. The second-order valence-corrected chi connectivity index (χ2v) is 8.58. The summed E-state index contributed by atoms with van der Waals surface area (Å²) >= 11 is 0. The van der Waals surface area contributed by atoms with Gasteiger partial charge in [0.15, 0.2) is 0 Å². The Morgan fingerprint density at radius 1 is 1.08 bits per heavy atom. The van der Waals surface area contributed by atoms with Gasteiger partial charge in [-0.3, -0.25) is 15.0 Å². The van der Waals surface area contributed by atoms with Gasteiger partial charge in [-0.05, 0) is 54.8 Å². The normalized spacial score (nSPS) is 13.9. The first-order valence-corrected chi connectivity index (χ1v) is 12.2. The highest BCUT2D eigenvalue weighted by molar-refractivity contribution is 6.03. The zero-order chi connectivity index (χ0) is 25.6. The van der Waals surface area contributed by atoms with Crippen LogP contribution in [0.15, 0.2) is 102 Å². The molecule has 0 saturated carbocycles. The lowest BCUT2D eigenvalue weighted by atomic mass is 10.0. The molecule has 0 spiro atoms. The van der Waals surface area contributed by atoms with Gasteiger partial charge in [-0.25, -0.2) is 4.98 Å². The fraction of sp³-hybridized carbons (Fsp3) is 0.0909. The topological polar surface area (TPSA) is 51.0 Å². The lowest BCUT2D eigenvalue weighted by molar-refractivity contribution is 1.08. The van der Waals surface area contributed by atoms with Gasteiger partial charge in [-0.1, -0.05) is 67.1 Å².